The molecule has 0 saturated heterocycles. The highest BCUT2D eigenvalue weighted by Crippen LogP contribution is 2.35. The standard InChI is InChI=1S/C13H10NO3S2/c1-16-8-3-4-9(11(5-8)17-2)14-10-7-18-19-12(10)6-13(14)15/h3-5,7H,1-2H3. The van der Waals surface area contributed by atoms with Crippen LogP contribution in [-0.4, -0.2) is 18.8 Å². The van der Waals surface area contributed by atoms with Crippen LogP contribution >= 0.6 is 20.7 Å². The van der Waals surface area contributed by atoms with Crippen LogP contribution in [0.15, 0.2) is 28.4 Å². The van der Waals surface area contributed by atoms with Gasteiger partial charge in [-0.3, -0.25) is 9.36 Å². The minimum atomic E-state index is -0.169. The van der Waals surface area contributed by atoms with Crippen molar-refractivity contribution >= 4 is 20.7 Å². The molecule has 4 nitrogen and oxygen atoms in total. The monoisotopic (exact) mass is 292 g/mol. The minimum absolute atomic E-state index is 0.169. The predicted octanol–water partition coefficient (Wildman–Crippen LogP) is 2.88. The number of nitrogens with zero attached hydrogens (tertiary/aromatic N) is 1. The van der Waals surface area contributed by atoms with E-state index in [1.807, 2.05) is 11.4 Å². The molecule has 0 aliphatic carbocycles. The average molecular weight is 292 g/mol. The quantitative estimate of drug-likeness (QED) is 0.697. The van der Waals surface area contributed by atoms with Crippen LogP contribution < -0.4 is 15.0 Å². The van der Waals surface area contributed by atoms with Gasteiger partial charge in [0.1, 0.15) is 11.5 Å². The molecular formula is C13H10NO3S2. The summed E-state index contributed by atoms with van der Waals surface area (Å²) in [5.41, 5.74) is 1.39. The third kappa shape index (κ3) is 1.93. The van der Waals surface area contributed by atoms with Gasteiger partial charge in [0, 0.05) is 11.4 Å². The van der Waals surface area contributed by atoms with Crippen molar-refractivity contribution in [2.24, 2.45) is 0 Å². The second kappa shape index (κ2) is 4.71. The highest BCUT2D eigenvalue weighted by Gasteiger charge is 2.19. The molecule has 1 aromatic carbocycles. The number of hydrogen-bond donors (Lipinski definition) is 0. The second-order valence-corrected chi connectivity index (χ2v) is 5.90. The van der Waals surface area contributed by atoms with E-state index in [0.29, 0.717) is 17.2 Å². The molecule has 0 unspecified atom stereocenters. The van der Waals surface area contributed by atoms with Crippen molar-refractivity contribution in [3.63, 3.8) is 0 Å². The molecule has 3 rings (SSSR count). The Kier molecular flexibility index (Phi) is 3.04. The topological polar surface area (TPSA) is 40.5 Å². The van der Waals surface area contributed by atoms with Gasteiger partial charge in [0.15, 0.2) is 0 Å². The zero-order valence-corrected chi connectivity index (χ0v) is 11.9. The molecule has 0 fully saturated rings. The van der Waals surface area contributed by atoms with Crippen molar-refractivity contribution in [3.05, 3.63) is 40.0 Å². The van der Waals surface area contributed by atoms with Crippen molar-refractivity contribution in [2.75, 3.05) is 14.2 Å². The van der Waals surface area contributed by atoms with E-state index in [1.54, 1.807) is 41.3 Å². The number of aromatic nitrogens is 1. The molecule has 0 aromatic heterocycles. The number of fused-ring (bicyclic) bond motifs is 1. The minimum Gasteiger partial charge on any atom is -0.497 e. The van der Waals surface area contributed by atoms with Crippen LogP contribution in [-0.2, 0) is 0 Å². The Hall–Kier alpha value is -1.79. The molecule has 97 valence electrons. The van der Waals surface area contributed by atoms with E-state index >= 15 is 0 Å². The molecular weight excluding hydrogens is 282 g/mol. The lowest BCUT2D eigenvalue weighted by atomic mass is 10.2. The summed E-state index contributed by atoms with van der Waals surface area (Å²) in [6.45, 7) is 0. The normalized spacial score (nSPS) is 10.8. The summed E-state index contributed by atoms with van der Waals surface area (Å²) in [7, 11) is 6.29. The highest BCUT2D eigenvalue weighted by atomic mass is 32.9. The maximum atomic E-state index is 12.1. The molecule has 2 aliphatic heterocycles. The number of ether oxygens (including phenoxy) is 2. The van der Waals surface area contributed by atoms with Gasteiger partial charge in [-0.15, -0.1) is 0 Å². The fourth-order valence-corrected chi connectivity index (χ4v) is 3.91. The highest BCUT2D eigenvalue weighted by molar-refractivity contribution is 7.70. The Morgan fingerprint density at radius 2 is 2.11 bits per heavy atom. The first-order valence-electron chi connectivity index (χ1n) is 5.48. The maximum Gasteiger partial charge on any atom is 0.265 e. The van der Waals surface area contributed by atoms with E-state index in [1.165, 1.54) is 10.3 Å². The van der Waals surface area contributed by atoms with Crippen molar-refractivity contribution in [3.8, 4) is 27.8 Å². The fraction of sp³-hybridized carbons (Fsp3) is 0.154. The lowest BCUT2D eigenvalue weighted by Gasteiger charge is -2.11. The Balaban J connectivity index is 2.24. The Labute approximate surface area is 117 Å². The number of benzene rings is 1. The summed E-state index contributed by atoms with van der Waals surface area (Å²) in [6.07, 6.45) is 0. The molecule has 0 amide bonds. The van der Waals surface area contributed by atoms with Gasteiger partial charge in [-0.05, 0) is 12.1 Å². The van der Waals surface area contributed by atoms with E-state index in [9.17, 15) is 4.79 Å². The van der Waals surface area contributed by atoms with Crippen LogP contribution in [0.5, 0.6) is 11.5 Å². The van der Waals surface area contributed by atoms with E-state index in [-0.39, 0.29) is 5.56 Å². The maximum absolute atomic E-state index is 12.1. The smallest absolute Gasteiger partial charge is 0.265 e. The first kappa shape index (κ1) is 12.3. The zero-order chi connectivity index (χ0) is 13.4. The molecule has 0 atom stereocenters. The van der Waals surface area contributed by atoms with Crippen LogP contribution in [0.2, 0.25) is 0 Å². The molecule has 1 radical (unpaired) electrons. The fourth-order valence-electron chi connectivity index (χ4n) is 1.92. The van der Waals surface area contributed by atoms with Crippen LogP contribution in [0, 0.1) is 6.07 Å². The Bertz CT molecular complexity index is 741. The molecule has 0 spiro atoms. The van der Waals surface area contributed by atoms with Gasteiger partial charge in [0.2, 0.25) is 0 Å². The van der Waals surface area contributed by atoms with Crippen LogP contribution in [0.4, 0.5) is 0 Å². The van der Waals surface area contributed by atoms with Gasteiger partial charge in [0.25, 0.3) is 5.56 Å². The van der Waals surface area contributed by atoms with E-state index < -0.39 is 0 Å². The van der Waals surface area contributed by atoms with E-state index in [0.717, 1.165) is 10.6 Å². The first-order valence-corrected chi connectivity index (χ1v) is 7.70. The van der Waals surface area contributed by atoms with Crippen molar-refractivity contribution in [1.82, 2.24) is 4.57 Å². The number of methoxy groups -OCH3 is 2. The lowest BCUT2D eigenvalue weighted by Crippen LogP contribution is -2.13. The van der Waals surface area contributed by atoms with E-state index in [2.05, 4.69) is 6.07 Å². The third-order valence-electron chi connectivity index (χ3n) is 2.82. The summed E-state index contributed by atoms with van der Waals surface area (Å²) >= 11 is 0. The SMILES string of the molecule is COc1ccc(-n2c3cssc-3[c]c2=O)c(OC)c1. The Morgan fingerprint density at radius 1 is 1.26 bits per heavy atom. The van der Waals surface area contributed by atoms with Gasteiger partial charge in [-0.25, -0.2) is 0 Å². The van der Waals surface area contributed by atoms with Crippen molar-refractivity contribution in [2.45, 2.75) is 0 Å². The second-order valence-electron chi connectivity index (χ2n) is 3.82. The molecule has 0 N–H and O–H groups in total. The summed E-state index contributed by atoms with van der Waals surface area (Å²) in [6, 6.07) is 8.21. The average Bonchev–Trinajstić information content (AvgIpc) is 2.98. The van der Waals surface area contributed by atoms with Gasteiger partial charge in [-0.2, -0.15) is 0 Å². The molecule has 6 heteroatoms. The van der Waals surface area contributed by atoms with Crippen LogP contribution in [0.1, 0.15) is 0 Å². The van der Waals surface area contributed by atoms with Gasteiger partial charge >= 0.3 is 0 Å². The first-order chi connectivity index (χ1) is 9.24. The predicted molar refractivity (Wildman–Crippen MR) is 76.4 cm³/mol. The van der Waals surface area contributed by atoms with Crippen molar-refractivity contribution in [1.29, 1.82) is 0 Å². The molecule has 1 aromatic rings. The van der Waals surface area contributed by atoms with Crippen LogP contribution in [0.3, 0.4) is 0 Å². The summed E-state index contributed by atoms with van der Waals surface area (Å²) in [5.74, 6) is 1.28. The molecule has 19 heavy (non-hydrogen) atoms. The molecule has 0 bridgehead atoms. The Morgan fingerprint density at radius 3 is 2.84 bits per heavy atom. The summed E-state index contributed by atoms with van der Waals surface area (Å²) in [5, 5.41) is 1.95. The third-order valence-corrected chi connectivity index (χ3v) is 4.79. The van der Waals surface area contributed by atoms with Gasteiger partial charge in [-0.1, -0.05) is 20.7 Å². The number of hydrogen-bond acceptors (Lipinski definition) is 5. The summed E-state index contributed by atoms with van der Waals surface area (Å²) in [4.78, 5) is 12.9. The van der Waals surface area contributed by atoms with Crippen LogP contribution in [0.25, 0.3) is 16.3 Å². The van der Waals surface area contributed by atoms with Gasteiger partial charge < -0.3 is 9.47 Å². The molecule has 0 saturated carbocycles. The number of rotatable bonds is 3. The van der Waals surface area contributed by atoms with Gasteiger partial charge in [0.05, 0.1) is 36.5 Å². The molecule has 2 aliphatic rings. The largest absolute Gasteiger partial charge is 0.497 e. The van der Waals surface area contributed by atoms with Crippen molar-refractivity contribution < 1.29 is 9.47 Å². The molecule has 2 heterocycles. The lowest BCUT2D eigenvalue weighted by molar-refractivity contribution is 0.393. The summed E-state index contributed by atoms with van der Waals surface area (Å²) < 4.78 is 12.1. The van der Waals surface area contributed by atoms with E-state index in [4.69, 9.17) is 9.47 Å². The zero-order valence-electron chi connectivity index (χ0n) is 10.3.